The minimum absolute atomic E-state index is 0.00438. The lowest BCUT2D eigenvalue weighted by molar-refractivity contribution is -0.145. The van der Waals surface area contributed by atoms with Crippen LogP contribution in [0.15, 0.2) is 0 Å². The zero-order chi connectivity index (χ0) is 12.7. The van der Waals surface area contributed by atoms with Gasteiger partial charge in [-0.25, -0.2) is 0 Å². The monoisotopic (exact) mass is 240 g/mol. The summed E-state index contributed by atoms with van der Waals surface area (Å²) in [4.78, 5) is 11.5. The highest BCUT2D eigenvalue weighted by atomic mass is 16.5. The predicted molar refractivity (Wildman–Crippen MR) is 70.8 cm³/mol. The highest BCUT2D eigenvalue weighted by molar-refractivity contribution is 5.69. The topological polar surface area (TPSA) is 26.3 Å². The summed E-state index contributed by atoms with van der Waals surface area (Å²) >= 11 is 0. The molecule has 0 aliphatic heterocycles. The fourth-order valence-electron chi connectivity index (χ4n) is 2.61. The molecule has 17 heavy (non-hydrogen) atoms. The van der Waals surface area contributed by atoms with E-state index in [9.17, 15) is 4.79 Å². The van der Waals surface area contributed by atoms with Crippen LogP contribution >= 0.6 is 0 Å². The van der Waals surface area contributed by atoms with Crippen molar-refractivity contribution in [3.8, 4) is 0 Å². The third kappa shape index (κ3) is 5.56. The Hall–Kier alpha value is -0.530. The van der Waals surface area contributed by atoms with Crippen LogP contribution in [-0.2, 0) is 9.53 Å². The van der Waals surface area contributed by atoms with E-state index in [1.54, 1.807) is 0 Å². The Bertz CT molecular complexity index is 225. The van der Waals surface area contributed by atoms with Crippen molar-refractivity contribution in [2.75, 3.05) is 6.61 Å². The molecule has 1 aliphatic carbocycles. The molecule has 3 unspecified atom stereocenters. The molecule has 0 radical (unpaired) electrons. The van der Waals surface area contributed by atoms with Crippen molar-refractivity contribution < 1.29 is 9.53 Å². The van der Waals surface area contributed by atoms with Crippen LogP contribution in [0, 0.1) is 17.8 Å². The number of ether oxygens (including phenoxy) is 1. The molecule has 0 N–H and O–H groups in total. The van der Waals surface area contributed by atoms with Crippen molar-refractivity contribution in [3.63, 3.8) is 0 Å². The smallest absolute Gasteiger partial charge is 0.305 e. The van der Waals surface area contributed by atoms with Gasteiger partial charge in [-0.3, -0.25) is 4.79 Å². The summed E-state index contributed by atoms with van der Waals surface area (Å²) in [6, 6.07) is 0. The van der Waals surface area contributed by atoms with E-state index in [1.807, 2.05) is 0 Å². The van der Waals surface area contributed by atoms with E-state index in [0.717, 1.165) is 31.1 Å². The first-order valence-corrected chi connectivity index (χ1v) is 7.29. The molecule has 2 nitrogen and oxygen atoms in total. The molecule has 0 heterocycles. The highest BCUT2D eigenvalue weighted by Gasteiger charge is 2.25. The van der Waals surface area contributed by atoms with Crippen LogP contribution in [-0.4, -0.2) is 12.6 Å². The Balaban J connectivity index is 2.11. The molecule has 0 bridgehead atoms. The van der Waals surface area contributed by atoms with Crippen molar-refractivity contribution in [2.24, 2.45) is 17.8 Å². The predicted octanol–water partition coefficient (Wildman–Crippen LogP) is 4.18. The normalized spacial score (nSPS) is 29.0. The molecular weight excluding hydrogens is 212 g/mol. The van der Waals surface area contributed by atoms with Crippen LogP contribution in [0.2, 0.25) is 0 Å². The molecule has 100 valence electrons. The Labute approximate surface area is 106 Å². The number of esters is 1. The van der Waals surface area contributed by atoms with E-state index in [-0.39, 0.29) is 5.97 Å². The SMILES string of the molecule is CCCCCC(=O)OCC1CCC(C)C(C)C1. The maximum Gasteiger partial charge on any atom is 0.305 e. The minimum atomic E-state index is 0.00438. The van der Waals surface area contributed by atoms with Crippen LogP contribution in [0.3, 0.4) is 0 Å². The third-order valence-electron chi connectivity index (χ3n) is 4.17. The largest absolute Gasteiger partial charge is 0.465 e. The van der Waals surface area contributed by atoms with Crippen molar-refractivity contribution >= 4 is 5.97 Å². The number of carbonyl (C=O) groups excluding carboxylic acids is 1. The molecule has 0 aromatic carbocycles. The second-order valence-corrected chi connectivity index (χ2v) is 5.77. The first kappa shape index (κ1) is 14.5. The average molecular weight is 240 g/mol. The standard InChI is InChI=1S/C15H28O2/c1-4-5-6-7-15(16)17-11-14-9-8-12(2)13(3)10-14/h12-14H,4-11H2,1-3H3. The van der Waals surface area contributed by atoms with Gasteiger partial charge in [0.1, 0.15) is 0 Å². The molecule has 1 rings (SSSR count). The van der Waals surface area contributed by atoms with E-state index >= 15 is 0 Å². The summed E-state index contributed by atoms with van der Waals surface area (Å²) in [5, 5.41) is 0. The quantitative estimate of drug-likeness (QED) is 0.514. The summed E-state index contributed by atoms with van der Waals surface area (Å²) in [5.74, 6) is 2.24. The lowest BCUT2D eigenvalue weighted by Gasteiger charge is -2.31. The Morgan fingerprint density at radius 1 is 1.18 bits per heavy atom. The van der Waals surface area contributed by atoms with Gasteiger partial charge in [0.05, 0.1) is 6.61 Å². The van der Waals surface area contributed by atoms with Crippen molar-refractivity contribution in [1.82, 2.24) is 0 Å². The van der Waals surface area contributed by atoms with Crippen LogP contribution in [0.5, 0.6) is 0 Å². The second-order valence-electron chi connectivity index (χ2n) is 5.77. The van der Waals surface area contributed by atoms with Gasteiger partial charge in [0.2, 0.25) is 0 Å². The highest BCUT2D eigenvalue weighted by Crippen LogP contribution is 2.33. The molecule has 3 atom stereocenters. The van der Waals surface area contributed by atoms with Gasteiger partial charge in [0, 0.05) is 6.42 Å². The molecule has 2 heteroatoms. The van der Waals surface area contributed by atoms with Gasteiger partial charge in [0.15, 0.2) is 0 Å². The second kappa shape index (κ2) is 7.73. The van der Waals surface area contributed by atoms with E-state index in [4.69, 9.17) is 4.74 Å². The van der Waals surface area contributed by atoms with Crippen LogP contribution in [0.4, 0.5) is 0 Å². The average Bonchev–Trinajstić information content (AvgIpc) is 2.31. The van der Waals surface area contributed by atoms with Crippen LogP contribution < -0.4 is 0 Å². The van der Waals surface area contributed by atoms with Gasteiger partial charge in [-0.15, -0.1) is 0 Å². The molecule has 1 saturated carbocycles. The van der Waals surface area contributed by atoms with Crippen LogP contribution in [0.25, 0.3) is 0 Å². The molecule has 0 aromatic rings. The van der Waals surface area contributed by atoms with E-state index in [2.05, 4.69) is 20.8 Å². The molecule has 0 aromatic heterocycles. The Morgan fingerprint density at radius 3 is 2.59 bits per heavy atom. The van der Waals surface area contributed by atoms with Gasteiger partial charge < -0.3 is 4.74 Å². The third-order valence-corrected chi connectivity index (χ3v) is 4.17. The first-order chi connectivity index (χ1) is 8.13. The van der Waals surface area contributed by atoms with Gasteiger partial charge >= 0.3 is 5.97 Å². The number of hydrogen-bond donors (Lipinski definition) is 0. The number of unbranched alkanes of at least 4 members (excludes halogenated alkanes) is 2. The maximum atomic E-state index is 11.5. The number of hydrogen-bond acceptors (Lipinski definition) is 2. The lowest BCUT2D eigenvalue weighted by atomic mass is 9.76. The van der Waals surface area contributed by atoms with Crippen molar-refractivity contribution in [3.05, 3.63) is 0 Å². The zero-order valence-corrected chi connectivity index (χ0v) is 11.7. The number of carbonyl (C=O) groups is 1. The molecule has 0 saturated heterocycles. The molecule has 1 aliphatic rings. The zero-order valence-electron chi connectivity index (χ0n) is 11.7. The summed E-state index contributed by atoms with van der Waals surface area (Å²) in [5.41, 5.74) is 0. The fraction of sp³-hybridized carbons (Fsp3) is 0.933. The van der Waals surface area contributed by atoms with Gasteiger partial charge in [-0.2, -0.15) is 0 Å². The Morgan fingerprint density at radius 2 is 1.94 bits per heavy atom. The summed E-state index contributed by atoms with van der Waals surface area (Å²) in [6.45, 7) is 7.45. The fourth-order valence-corrected chi connectivity index (χ4v) is 2.61. The van der Waals surface area contributed by atoms with Gasteiger partial charge in [-0.1, -0.05) is 40.0 Å². The summed E-state index contributed by atoms with van der Waals surface area (Å²) < 4.78 is 5.37. The Kier molecular flexibility index (Phi) is 6.61. The molecule has 0 amide bonds. The minimum Gasteiger partial charge on any atom is -0.465 e. The van der Waals surface area contributed by atoms with Crippen molar-refractivity contribution in [1.29, 1.82) is 0 Å². The lowest BCUT2D eigenvalue weighted by Crippen LogP contribution is -2.24. The molecule has 1 fully saturated rings. The van der Waals surface area contributed by atoms with E-state index in [1.165, 1.54) is 19.3 Å². The van der Waals surface area contributed by atoms with Gasteiger partial charge in [-0.05, 0) is 37.0 Å². The maximum absolute atomic E-state index is 11.5. The summed E-state index contributed by atoms with van der Waals surface area (Å²) in [7, 11) is 0. The van der Waals surface area contributed by atoms with E-state index in [0.29, 0.717) is 18.9 Å². The van der Waals surface area contributed by atoms with Gasteiger partial charge in [0.25, 0.3) is 0 Å². The summed E-state index contributed by atoms with van der Waals surface area (Å²) in [6.07, 6.45) is 7.62. The first-order valence-electron chi connectivity index (χ1n) is 7.29. The molecular formula is C15H28O2. The van der Waals surface area contributed by atoms with Crippen LogP contribution in [0.1, 0.15) is 65.7 Å². The number of rotatable bonds is 6. The molecule has 0 spiro atoms. The van der Waals surface area contributed by atoms with E-state index < -0.39 is 0 Å². The van der Waals surface area contributed by atoms with Crippen molar-refractivity contribution in [2.45, 2.75) is 65.7 Å².